The molecule has 0 spiro atoms. The van der Waals surface area contributed by atoms with Crippen LogP contribution in [0.5, 0.6) is 5.75 Å². The maximum absolute atomic E-state index is 12.4. The minimum atomic E-state index is -3.78. The van der Waals surface area contributed by atoms with E-state index in [1.54, 1.807) is 30.3 Å². The van der Waals surface area contributed by atoms with Crippen LogP contribution in [0.2, 0.25) is 0 Å². The van der Waals surface area contributed by atoms with E-state index in [2.05, 4.69) is 20.2 Å². The molecule has 0 aliphatic heterocycles. The number of hydrogen-bond donors (Lipinski definition) is 2. The minimum Gasteiger partial charge on any atom is -0.494 e. The molecule has 0 bridgehead atoms. The number of aryl methyl sites for hydroxylation is 1. The van der Waals surface area contributed by atoms with Crippen molar-refractivity contribution >= 4 is 32.4 Å². The SMILES string of the molecule is CCOc1ccc(CCCNS(=O)(=O)c2nnc(NC(=O)c3ccccc3)s2)cc1. The van der Waals surface area contributed by atoms with Gasteiger partial charge in [-0.3, -0.25) is 10.1 Å². The molecule has 3 aromatic rings. The number of aromatic nitrogens is 2. The summed E-state index contributed by atoms with van der Waals surface area (Å²) in [5.74, 6) is 0.437. The Kier molecular flexibility index (Phi) is 7.50. The number of carbonyl (C=O) groups excluding carboxylic acids is 1. The van der Waals surface area contributed by atoms with E-state index in [1.807, 2.05) is 31.2 Å². The average molecular weight is 447 g/mol. The number of nitrogens with zero attached hydrogens (tertiary/aromatic N) is 2. The minimum absolute atomic E-state index is 0.124. The molecule has 2 N–H and O–H groups in total. The van der Waals surface area contributed by atoms with Gasteiger partial charge in [0.25, 0.3) is 15.9 Å². The van der Waals surface area contributed by atoms with E-state index in [9.17, 15) is 13.2 Å². The molecule has 2 aromatic carbocycles. The molecule has 1 amide bonds. The van der Waals surface area contributed by atoms with Crippen molar-refractivity contribution in [3.63, 3.8) is 0 Å². The number of ether oxygens (including phenoxy) is 1. The predicted molar refractivity (Wildman–Crippen MR) is 115 cm³/mol. The summed E-state index contributed by atoms with van der Waals surface area (Å²) in [6, 6.07) is 16.3. The van der Waals surface area contributed by atoms with Gasteiger partial charge in [0.05, 0.1) is 6.61 Å². The first kappa shape index (κ1) is 21.9. The second-order valence-corrected chi connectivity index (χ2v) is 9.19. The predicted octanol–water partition coefficient (Wildman–Crippen LogP) is 3.10. The van der Waals surface area contributed by atoms with Crippen LogP contribution in [0.1, 0.15) is 29.3 Å². The maximum Gasteiger partial charge on any atom is 0.269 e. The third-order valence-electron chi connectivity index (χ3n) is 4.06. The third kappa shape index (κ3) is 6.09. The lowest BCUT2D eigenvalue weighted by molar-refractivity contribution is 0.102. The van der Waals surface area contributed by atoms with Gasteiger partial charge in [-0.25, -0.2) is 13.1 Å². The lowest BCUT2D eigenvalue weighted by atomic mass is 10.1. The smallest absolute Gasteiger partial charge is 0.269 e. The monoisotopic (exact) mass is 446 g/mol. The number of amides is 1. The van der Waals surface area contributed by atoms with E-state index in [-0.39, 0.29) is 21.9 Å². The Morgan fingerprint density at radius 2 is 1.80 bits per heavy atom. The van der Waals surface area contributed by atoms with Crippen molar-refractivity contribution in [3.8, 4) is 5.75 Å². The highest BCUT2D eigenvalue weighted by atomic mass is 32.2. The molecular weight excluding hydrogens is 424 g/mol. The standard InChI is InChI=1S/C20H22N4O4S2/c1-2-28-17-12-10-15(11-13-17)7-6-14-21-30(26,27)20-24-23-19(29-20)22-18(25)16-8-4-3-5-9-16/h3-5,8-13,21H,2,6-7,14H2,1H3,(H,22,23,25). The van der Waals surface area contributed by atoms with E-state index in [0.717, 1.165) is 29.1 Å². The molecule has 0 atom stereocenters. The van der Waals surface area contributed by atoms with Gasteiger partial charge in [0.2, 0.25) is 9.47 Å². The molecule has 1 heterocycles. The zero-order valence-corrected chi connectivity index (χ0v) is 18.0. The van der Waals surface area contributed by atoms with Crippen molar-refractivity contribution in [3.05, 3.63) is 65.7 Å². The Hall–Kier alpha value is -2.82. The molecule has 0 saturated carbocycles. The van der Waals surface area contributed by atoms with Crippen molar-refractivity contribution in [2.45, 2.75) is 24.1 Å². The lowest BCUT2D eigenvalue weighted by Crippen LogP contribution is -2.25. The lowest BCUT2D eigenvalue weighted by Gasteiger charge is -2.06. The number of anilines is 1. The van der Waals surface area contributed by atoms with Gasteiger partial charge in [-0.1, -0.05) is 41.7 Å². The highest BCUT2D eigenvalue weighted by Gasteiger charge is 2.20. The summed E-state index contributed by atoms with van der Waals surface area (Å²) in [6.45, 7) is 2.81. The zero-order chi connectivity index (χ0) is 21.4. The summed E-state index contributed by atoms with van der Waals surface area (Å²) in [6.07, 6.45) is 1.35. The van der Waals surface area contributed by atoms with Gasteiger partial charge in [-0.2, -0.15) is 0 Å². The molecule has 0 aliphatic rings. The van der Waals surface area contributed by atoms with Crippen LogP contribution in [0, 0.1) is 0 Å². The molecule has 3 rings (SSSR count). The second-order valence-electron chi connectivity index (χ2n) is 6.27. The molecule has 0 saturated heterocycles. The van der Waals surface area contributed by atoms with Gasteiger partial charge in [0.1, 0.15) is 5.75 Å². The molecule has 158 valence electrons. The van der Waals surface area contributed by atoms with E-state index < -0.39 is 10.0 Å². The molecule has 8 nitrogen and oxygen atoms in total. The van der Waals surface area contributed by atoms with Crippen LogP contribution in [0.15, 0.2) is 58.9 Å². The summed E-state index contributed by atoms with van der Waals surface area (Å²) in [5.41, 5.74) is 1.55. The van der Waals surface area contributed by atoms with Crippen LogP contribution in [-0.4, -0.2) is 37.7 Å². The van der Waals surface area contributed by atoms with Crippen LogP contribution in [0.3, 0.4) is 0 Å². The van der Waals surface area contributed by atoms with Crippen LogP contribution < -0.4 is 14.8 Å². The Balaban J connectivity index is 1.49. The van der Waals surface area contributed by atoms with E-state index in [1.165, 1.54) is 0 Å². The van der Waals surface area contributed by atoms with E-state index in [4.69, 9.17) is 4.74 Å². The van der Waals surface area contributed by atoms with Crippen LogP contribution in [0.25, 0.3) is 0 Å². The van der Waals surface area contributed by atoms with Gasteiger partial charge < -0.3 is 4.74 Å². The van der Waals surface area contributed by atoms with Crippen LogP contribution >= 0.6 is 11.3 Å². The molecule has 0 radical (unpaired) electrons. The molecule has 0 fully saturated rings. The number of carbonyl (C=O) groups is 1. The van der Waals surface area contributed by atoms with Crippen LogP contribution in [-0.2, 0) is 16.4 Å². The van der Waals surface area contributed by atoms with E-state index in [0.29, 0.717) is 18.6 Å². The Bertz CT molecular complexity index is 1070. The van der Waals surface area contributed by atoms with Gasteiger partial charge in [0.15, 0.2) is 0 Å². The van der Waals surface area contributed by atoms with Gasteiger partial charge in [-0.15, -0.1) is 10.2 Å². The number of sulfonamides is 1. The van der Waals surface area contributed by atoms with Gasteiger partial charge >= 0.3 is 0 Å². The summed E-state index contributed by atoms with van der Waals surface area (Å²) in [5, 5.41) is 10.1. The Morgan fingerprint density at radius 1 is 1.07 bits per heavy atom. The van der Waals surface area contributed by atoms with Gasteiger partial charge in [0, 0.05) is 12.1 Å². The summed E-state index contributed by atoms with van der Waals surface area (Å²) in [7, 11) is -3.78. The van der Waals surface area contributed by atoms with Crippen LogP contribution in [0.4, 0.5) is 5.13 Å². The first-order valence-corrected chi connectivity index (χ1v) is 11.7. The third-order valence-corrected chi connectivity index (χ3v) is 6.73. The topological polar surface area (TPSA) is 110 Å². The largest absolute Gasteiger partial charge is 0.494 e. The molecular formula is C20H22N4O4S2. The first-order chi connectivity index (χ1) is 14.5. The first-order valence-electron chi connectivity index (χ1n) is 9.39. The van der Waals surface area contributed by atoms with Crippen molar-refractivity contribution in [2.75, 3.05) is 18.5 Å². The molecule has 0 aliphatic carbocycles. The molecule has 0 unspecified atom stereocenters. The maximum atomic E-state index is 12.4. The fraction of sp³-hybridized carbons (Fsp3) is 0.250. The molecule has 30 heavy (non-hydrogen) atoms. The molecule has 10 heteroatoms. The highest BCUT2D eigenvalue weighted by Crippen LogP contribution is 2.20. The number of rotatable bonds is 10. The molecule has 1 aromatic heterocycles. The second kappa shape index (κ2) is 10.3. The highest BCUT2D eigenvalue weighted by molar-refractivity contribution is 7.91. The van der Waals surface area contributed by atoms with Crippen molar-refractivity contribution in [1.29, 1.82) is 0 Å². The summed E-state index contributed by atoms with van der Waals surface area (Å²) >= 11 is 0.805. The number of nitrogens with one attached hydrogen (secondary N) is 2. The van der Waals surface area contributed by atoms with Crippen molar-refractivity contribution in [2.24, 2.45) is 0 Å². The fourth-order valence-electron chi connectivity index (χ4n) is 2.61. The number of hydrogen-bond acceptors (Lipinski definition) is 7. The summed E-state index contributed by atoms with van der Waals surface area (Å²) in [4.78, 5) is 12.1. The normalized spacial score (nSPS) is 11.2. The summed E-state index contributed by atoms with van der Waals surface area (Å²) < 4.78 is 32.5. The van der Waals surface area contributed by atoms with Crippen molar-refractivity contribution < 1.29 is 17.9 Å². The Labute approximate surface area is 179 Å². The average Bonchev–Trinajstić information content (AvgIpc) is 3.23. The number of benzene rings is 2. The Morgan fingerprint density at radius 3 is 2.50 bits per heavy atom. The van der Waals surface area contributed by atoms with E-state index >= 15 is 0 Å². The van der Waals surface area contributed by atoms with Gasteiger partial charge in [-0.05, 0) is 49.6 Å². The fourth-order valence-corrected chi connectivity index (χ4v) is 4.62. The quantitative estimate of drug-likeness (QED) is 0.366. The zero-order valence-electron chi connectivity index (χ0n) is 16.4. The van der Waals surface area contributed by atoms with Crippen molar-refractivity contribution in [1.82, 2.24) is 14.9 Å².